The molecule has 1 N–H and O–H groups in total. The molecule has 0 fully saturated rings. The summed E-state index contributed by atoms with van der Waals surface area (Å²) in [4.78, 5) is 16.3. The highest BCUT2D eigenvalue weighted by molar-refractivity contribution is 8.00. The molecule has 2 aromatic heterocycles. The zero-order valence-electron chi connectivity index (χ0n) is 12.9. The number of carbonyl (C=O) groups is 1. The lowest BCUT2D eigenvalue weighted by Gasteiger charge is -2.11. The monoisotopic (exact) mass is 394 g/mol. The second kappa shape index (κ2) is 7.86. The quantitative estimate of drug-likeness (QED) is 0.638. The summed E-state index contributed by atoms with van der Waals surface area (Å²) in [5.74, 6) is 0.110. The van der Waals surface area contributed by atoms with Crippen LogP contribution in [0.15, 0.2) is 52.4 Å². The first-order valence-electron chi connectivity index (χ1n) is 7.19. The van der Waals surface area contributed by atoms with Crippen molar-refractivity contribution in [3.05, 3.63) is 52.8 Å². The van der Waals surface area contributed by atoms with Crippen LogP contribution in [-0.2, 0) is 4.79 Å². The number of amides is 1. The minimum absolute atomic E-state index is 0.240. The van der Waals surface area contributed by atoms with Crippen LogP contribution in [-0.4, -0.2) is 26.3 Å². The number of thioether (sulfide) groups is 1. The van der Waals surface area contributed by atoms with E-state index in [4.69, 9.17) is 27.6 Å². The van der Waals surface area contributed by atoms with Gasteiger partial charge in [-0.25, -0.2) is 0 Å². The third-order valence-electron chi connectivity index (χ3n) is 3.15. The van der Waals surface area contributed by atoms with Crippen LogP contribution in [0.25, 0.3) is 11.5 Å². The lowest BCUT2D eigenvalue weighted by molar-refractivity contribution is -0.115. The lowest BCUT2D eigenvalue weighted by Crippen LogP contribution is -2.22. The SMILES string of the molecule is C[C@H](Sc1nnc(-c2cccnc2)o1)C(=O)Nc1ccc(Cl)cc1Cl. The molecule has 25 heavy (non-hydrogen) atoms. The largest absolute Gasteiger partial charge is 0.411 e. The summed E-state index contributed by atoms with van der Waals surface area (Å²) >= 11 is 13.1. The van der Waals surface area contributed by atoms with Crippen LogP contribution >= 0.6 is 35.0 Å². The predicted octanol–water partition coefficient (Wildman–Crippen LogP) is 4.56. The number of rotatable bonds is 5. The second-order valence-corrected chi connectivity index (χ2v) is 7.12. The molecular weight excluding hydrogens is 383 g/mol. The van der Waals surface area contributed by atoms with Gasteiger partial charge in [-0.2, -0.15) is 0 Å². The van der Waals surface area contributed by atoms with Gasteiger partial charge < -0.3 is 9.73 Å². The highest BCUT2D eigenvalue weighted by Gasteiger charge is 2.19. The molecule has 0 bridgehead atoms. The van der Waals surface area contributed by atoms with Gasteiger partial charge in [0.05, 0.1) is 21.5 Å². The lowest BCUT2D eigenvalue weighted by atomic mass is 10.3. The van der Waals surface area contributed by atoms with Gasteiger partial charge in [0.2, 0.25) is 11.8 Å². The van der Waals surface area contributed by atoms with E-state index in [-0.39, 0.29) is 5.91 Å². The standard InChI is InChI=1S/C16H12Cl2N4O2S/c1-9(14(23)20-13-5-4-11(17)7-12(13)18)25-16-22-21-15(24-16)10-3-2-6-19-8-10/h2-9H,1H3,(H,20,23)/t9-/m0/s1. The van der Waals surface area contributed by atoms with Crippen molar-refractivity contribution in [2.24, 2.45) is 0 Å². The van der Waals surface area contributed by atoms with Crippen molar-refractivity contribution in [3.8, 4) is 11.5 Å². The maximum atomic E-state index is 12.3. The Kier molecular flexibility index (Phi) is 5.57. The fourth-order valence-corrected chi connectivity index (χ4v) is 3.03. The number of halogens is 2. The van der Waals surface area contributed by atoms with Gasteiger partial charge in [0.25, 0.3) is 5.22 Å². The summed E-state index contributed by atoms with van der Waals surface area (Å²) in [6, 6.07) is 8.45. The van der Waals surface area contributed by atoms with Gasteiger partial charge in [-0.15, -0.1) is 10.2 Å². The molecule has 0 unspecified atom stereocenters. The Bertz CT molecular complexity index is 889. The van der Waals surface area contributed by atoms with E-state index >= 15 is 0 Å². The molecule has 3 aromatic rings. The molecule has 0 radical (unpaired) electrons. The molecule has 2 heterocycles. The fraction of sp³-hybridized carbons (Fsp3) is 0.125. The summed E-state index contributed by atoms with van der Waals surface area (Å²) in [6.45, 7) is 1.73. The Morgan fingerprint density at radius 2 is 2.12 bits per heavy atom. The molecule has 0 saturated carbocycles. The Morgan fingerprint density at radius 1 is 1.28 bits per heavy atom. The molecular formula is C16H12Cl2N4O2S. The number of hydrogen-bond donors (Lipinski definition) is 1. The predicted molar refractivity (Wildman–Crippen MR) is 97.9 cm³/mol. The van der Waals surface area contributed by atoms with Gasteiger partial charge in [-0.3, -0.25) is 9.78 Å². The van der Waals surface area contributed by atoms with Gasteiger partial charge in [0, 0.05) is 17.4 Å². The molecule has 0 saturated heterocycles. The summed E-state index contributed by atoms with van der Waals surface area (Å²) in [5, 5.41) is 11.4. The summed E-state index contributed by atoms with van der Waals surface area (Å²) in [7, 11) is 0. The summed E-state index contributed by atoms with van der Waals surface area (Å²) in [6.07, 6.45) is 3.28. The number of aromatic nitrogens is 3. The average Bonchev–Trinajstić information content (AvgIpc) is 3.06. The topological polar surface area (TPSA) is 80.9 Å². The van der Waals surface area contributed by atoms with Crippen LogP contribution in [0.2, 0.25) is 10.0 Å². The molecule has 128 valence electrons. The van der Waals surface area contributed by atoms with E-state index in [2.05, 4.69) is 20.5 Å². The Hall–Kier alpha value is -2.09. The van der Waals surface area contributed by atoms with Gasteiger partial charge in [0.1, 0.15) is 0 Å². The van der Waals surface area contributed by atoms with Crippen molar-refractivity contribution in [3.63, 3.8) is 0 Å². The van der Waals surface area contributed by atoms with E-state index in [0.29, 0.717) is 32.4 Å². The highest BCUT2D eigenvalue weighted by atomic mass is 35.5. The Morgan fingerprint density at radius 3 is 2.84 bits per heavy atom. The van der Waals surface area contributed by atoms with Crippen LogP contribution in [0, 0.1) is 0 Å². The van der Waals surface area contributed by atoms with Crippen LogP contribution in [0.1, 0.15) is 6.92 Å². The van der Waals surface area contributed by atoms with Gasteiger partial charge >= 0.3 is 0 Å². The van der Waals surface area contributed by atoms with E-state index in [1.54, 1.807) is 43.6 Å². The van der Waals surface area contributed by atoms with E-state index in [9.17, 15) is 4.79 Å². The van der Waals surface area contributed by atoms with Crippen LogP contribution in [0.3, 0.4) is 0 Å². The first-order chi connectivity index (χ1) is 12.0. The Labute approximate surface area is 158 Å². The number of pyridine rings is 1. The molecule has 0 aliphatic carbocycles. The molecule has 0 spiro atoms. The number of benzene rings is 1. The molecule has 1 atom stereocenters. The molecule has 3 rings (SSSR count). The smallest absolute Gasteiger partial charge is 0.277 e. The maximum Gasteiger partial charge on any atom is 0.277 e. The molecule has 9 heteroatoms. The molecule has 1 aromatic carbocycles. The number of anilines is 1. The van der Waals surface area contributed by atoms with Crippen molar-refractivity contribution in [1.82, 2.24) is 15.2 Å². The first-order valence-corrected chi connectivity index (χ1v) is 8.83. The fourth-order valence-electron chi connectivity index (χ4n) is 1.89. The van der Waals surface area contributed by atoms with E-state index in [0.717, 1.165) is 11.8 Å². The number of nitrogens with one attached hydrogen (secondary N) is 1. The van der Waals surface area contributed by atoms with Crippen LogP contribution in [0.5, 0.6) is 0 Å². The zero-order valence-corrected chi connectivity index (χ0v) is 15.3. The van der Waals surface area contributed by atoms with Crippen LogP contribution in [0.4, 0.5) is 5.69 Å². The molecule has 0 aliphatic rings. The van der Waals surface area contributed by atoms with Crippen molar-refractivity contribution < 1.29 is 9.21 Å². The van der Waals surface area contributed by atoms with Crippen LogP contribution < -0.4 is 5.32 Å². The van der Waals surface area contributed by atoms with Gasteiger partial charge in [-0.1, -0.05) is 35.0 Å². The van der Waals surface area contributed by atoms with E-state index in [1.165, 1.54) is 0 Å². The van der Waals surface area contributed by atoms with Crippen molar-refractivity contribution in [2.45, 2.75) is 17.4 Å². The summed E-state index contributed by atoms with van der Waals surface area (Å²) in [5.41, 5.74) is 1.21. The zero-order chi connectivity index (χ0) is 17.8. The average molecular weight is 395 g/mol. The molecule has 6 nitrogen and oxygen atoms in total. The molecule has 1 amide bonds. The number of nitrogens with zero attached hydrogens (tertiary/aromatic N) is 3. The minimum atomic E-state index is -0.464. The Balaban J connectivity index is 1.65. The van der Waals surface area contributed by atoms with Gasteiger partial charge in [-0.05, 0) is 37.3 Å². The molecule has 0 aliphatic heterocycles. The van der Waals surface area contributed by atoms with Crippen molar-refractivity contribution in [1.29, 1.82) is 0 Å². The maximum absolute atomic E-state index is 12.3. The number of carbonyl (C=O) groups excluding carboxylic acids is 1. The van der Waals surface area contributed by atoms with E-state index < -0.39 is 5.25 Å². The second-order valence-electron chi connectivity index (χ2n) is 4.99. The third kappa shape index (κ3) is 4.50. The first kappa shape index (κ1) is 17.7. The van der Waals surface area contributed by atoms with Gasteiger partial charge in [0.15, 0.2) is 0 Å². The van der Waals surface area contributed by atoms with E-state index in [1.807, 2.05) is 6.07 Å². The minimum Gasteiger partial charge on any atom is -0.411 e. The number of hydrogen-bond acceptors (Lipinski definition) is 6. The third-order valence-corrected chi connectivity index (χ3v) is 4.63. The summed E-state index contributed by atoms with van der Waals surface area (Å²) < 4.78 is 5.56. The van der Waals surface area contributed by atoms with Crippen molar-refractivity contribution in [2.75, 3.05) is 5.32 Å². The normalized spacial score (nSPS) is 12.0. The van der Waals surface area contributed by atoms with Crippen molar-refractivity contribution >= 4 is 46.6 Å². The highest BCUT2D eigenvalue weighted by Crippen LogP contribution is 2.28.